The Morgan fingerprint density at radius 1 is 0.667 bits per heavy atom. The van der Waals surface area contributed by atoms with Crippen molar-refractivity contribution < 1.29 is 49.4 Å². The number of carbonyl (C=O) groups is 3. The lowest BCUT2D eigenvalue weighted by Crippen LogP contribution is -2.36. The summed E-state index contributed by atoms with van der Waals surface area (Å²) < 4.78 is 10.8. The maximum Gasteiger partial charge on any atom is 0.319 e. The first-order valence-corrected chi connectivity index (χ1v) is 29.4. The maximum atomic E-state index is 13.0. The standard InChI is InChI=1S/C33H50O5.C32H48O5/c1-7-8-9-19-38-31(37)32(4,5)30(36)17-12-22(2)27-15-16-28-24(11-10-18-33(27,28)6)13-14-25-20-26(34)21-29(35)23(25)3;1-5-6-18-37-30(36)32(16-17-32)29(35)14-9-21(2)26-12-13-27-23(8-7-15-31(26,27)4)10-11-24-19-25(33)20-28(34)22(24)3/h12-14,17,22,26-29,34-35H,3,7-11,15-16,18-21H2,1-2,4-6H3;9-11,14,21,25-29,33-35H,3,5-8,12-13,15-20H2,1-2,4H3/b17-12+,24-13+,25-14-;14-9+,23-10+,24-11-/t22-,26-,27-,28+,29+,33-;21-,25-,26-,27+,28+,29-,31-/m11/s1. The van der Waals surface area contributed by atoms with Gasteiger partial charge in [0.25, 0.3) is 0 Å². The number of esters is 2. The second kappa shape index (κ2) is 26.3. The third-order valence-corrected chi connectivity index (χ3v) is 19.6. The van der Waals surface area contributed by atoms with Crippen LogP contribution in [0.15, 0.2) is 95.2 Å². The molecule has 0 aliphatic heterocycles. The van der Waals surface area contributed by atoms with Gasteiger partial charge in [-0.1, -0.05) is 128 Å². The van der Waals surface area contributed by atoms with Crippen LogP contribution in [0.1, 0.15) is 190 Å². The Bertz CT molecular complexity index is 2220. The number of aliphatic hydroxyl groups excluding tert-OH is 5. The minimum atomic E-state index is -1.18. The Morgan fingerprint density at radius 2 is 1.15 bits per heavy atom. The van der Waals surface area contributed by atoms with E-state index in [1.807, 2.05) is 12.2 Å². The third-order valence-electron chi connectivity index (χ3n) is 19.6. The Hall–Kier alpha value is -3.67. The van der Waals surface area contributed by atoms with E-state index >= 15 is 0 Å². The first kappa shape index (κ1) is 60.6. The van der Waals surface area contributed by atoms with Gasteiger partial charge < -0.3 is 35.0 Å². The lowest BCUT2D eigenvalue weighted by atomic mass is 9.61. The second-order valence-corrected chi connectivity index (χ2v) is 25.2. The molecule has 10 heteroatoms. The van der Waals surface area contributed by atoms with Gasteiger partial charge in [-0.2, -0.15) is 0 Å². The zero-order valence-electron chi connectivity index (χ0n) is 47.4. The molecule has 0 amide bonds. The summed E-state index contributed by atoms with van der Waals surface area (Å²) in [6, 6.07) is 0. The van der Waals surface area contributed by atoms with Gasteiger partial charge in [-0.3, -0.25) is 14.4 Å². The molecule has 0 bridgehead atoms. The molecular formula is C65H98O10. The number of fused-ring (bicyclic) bond motifs is 2. The fraction of sp³-hybridized carbons (Fsp3) is 0.708. The second-order valence-electron chi connectivity index (χ2n) is 25.2. The molecule has 10 nitrogen and oxygen atoms in total. The van der Waals surface area contributed by atoms with Crippen LogP contribution >= 0.6 is 0 Å². The van der Waals surface area contributed by atoms with Crippen LogP contribution in [0, 0.1) is 57.2 Å². The lowest BCUT2D eigenvalue weighted by Gasteiger charge is -2.44. The molecule has 7 aliphatic carbocycles. The molecule has 0 spiro atoms. The van der Waals surface area contributed by atoms with Crippen LogP contribution in [0.4, 0.5) is 0 Å². The Labute approximate surface area is 451 Å². The molecule has 7 saturated carbocycles. The van der Waals surface area contributed by atoms with Crippen molar-refractivity contribution in [1.29, 1.82) is 0 Å². The summed E-state index contributed by atoms with van der Waals surface area (Å²) in [6.07, 6.45) is 32.5. The van der Waals surface area contributed by atoms with Crippen LogP contribution in [0.3, 0.4) is 0 Å². The van der Waals surface area contributed by atoms with Crippen LogP contribution in [0.5, 0.6) is 0 Å². The van der Waals surface area contributed by atoms with E-state index in [1.165, 1.54) is 24.0 Å². The van der Waals surface area contributed by atoms with Gasteiger partial charge in [0.1, 0.15) is 5.41 Å². The normalized spacial score (nSPS) is 35.1. The predicted molar refractivity (Wildman–Crippen MR) is 299 cm³/mol. The minimum Gasteiger partial charge on any atom is -0.465 e. The zero-order valence-corrected chi connectivity index (χ0v) is 47.4. The molecule has 13 atom stereocenters. The topological polar surface area (TPSA) is 171 Å². The summed E-state index contributed by atoms with van der Waals surface area (Å²) in [5.74, 6) is 1.67. The first-order valence-electron chi connectivity index (χ1n) is 29.4. The van der Waals surface area contributed by atoms with Gasteiger partial charge in [0, 0.05) is 12.8 Å². The average Bonchev–Trinajstić information content (AvgIpc) is 4.00. The molecule has 7 aliphatic rings. The number of ketones is 1. The van der Waals surface area contributed by atoms with Crippen molar-refractivity contribution in [2.75, 3.05) is 13.2 Å². The fourth-order valence-electron chi connectivity index (χ4n) is 14.4. The number of hydrogen-bond acceptors (Lipinski definition) is 10. The van der Waals surface area contributed by atoms with E-state index in [0.717, 1.165) is 106 Å². The molecule has 418 valence electrons. The highest BCUT2D eigenvalue weighted by molar-refractivity contribution is 6.08. The number of ether oxygens (including phenoxy) is 2. The smallest absolute Gasteiger partial charge is 0.319 e. The van der Waals surface area contributed by atoms with Gasteiger partial charge in [0.15, 0.2) is 5.78 Å². The number of hydrogen-bond donors (Lipinski definition) is 5. The lowest BCUT2D eigenvalue weighted by molar-refractivity contribution is -0.157. The highest BCUT2D eigenvalue weighted by atomic mass is 16.5. The van der Waals surface area contributed by atoms with E-state index < -0.39 is 47.3 Å². The van der Waals surface area contributed by atoms with Crippen LogP contribution in [-0.2, 0) is 23.9 Å². The Morgan fingerprint density at radius 3 is 1.63 bits per heavy atom. The molecular weight excluding hydrogens is 941 g/mol. The predicted octanol–water partition coefficient (Wildman–Crippen LogP) is 12.5. The summed E-state index contributed by atoms with van der Waals surface area (Å²) in [5, 5.41) is 51.5. The van der Waals surface area contributed by atoms with E-state index in [-0.39, 0.29) is 28.5 Å². The maximum absolute atomic E-state index is 13.0. The molecule has 0 saturated heterocycles. The van der Waals surface area contributed by atoms with Crippen molar-refractivity contribution in [3.05, 3.63) is 95.2 Å². The van der Waals surface area contributed by atoms with E-state index in [9.17, 15) is 39.9 Å². The highest BCUT2D eigenvalue weighted by Gasteiger charge is 2.57. The fourth-order valence-corrected chi connectivity index (χ4v) is 14.4. The van der Waals surface area contributed by atoms with E-state index in [4.69, 9.17) is 9.47 Å². The molecule has 0 heterocycles. The molecule has 0 radical (unpaired) electrons. The minimum absolute atomic E-state index is 0.158. The van der Waals surface area contributed by atoms with E-state index in [2.05, 4.69) is 85.1 Å². The summed E-state index contributed by atoms with van der Waals surface area (Å²) in [6.45, 7) is 25.7. The van der Waals surface area contributed by atoms with Gasteiger partial charge in [-0.05, 0) is 191 Å². The summed E-state index contributed by atoms with van der Waals surface area (Å²) in [7, 11) is 0. The van der Waals surface area contributed by atoms with Crippen molar-refractivity contribution >= 4 is 17.7 Å². The highest BCUT2D eigenvalue weighted by Crippen LogP contribution is 2.61. The molecule has 0 aromatic rings. The Balaban J connectivity index is 0.000000244. The van der Waals surface area contributed by atoms with Gasteiger partial charge in [-0.25, -0.2) is 0 Å². The molecule has 0 aromatic heterocycles. The van der Waals surface area contributed by atoms with Crippen molar-refractivity contribution in [3.8, 4) is 0 Å². The third kappa shape index (κ3) is 14.2. The average molecular weight is 1040 g/mol. The SMILES string of the molecule is C=C1/C(=C\C=C2/CCC[C@]3(C)[C@@H]([C@H](C)/C=C/C(=O)C(C)(C)C(=O)OCCCCC)CC[C@@H]23)C[C@@H](O)C[C@@H]1O.C=C1/C(=C\C=C2/CCC[C@]3(C)[C@@H]([C@H](C)/C=C/[C@@H](O)C4(C(=O)OCCCC)CC4)CC[C@@H]23)C[C@@H](O)C[C@@H]1O. The number of aliphatic hydroxyl groups is 5. The van der Waals surface area contributed by atoms with Crippen molar-refractivity contribution in [3.63, 3.8) is 0 Å². The molecule has 0 aromatic carbocycles. The molecule has 0 unspecified atom stereocenters. The molecule has 7 rings (SSSR count). The Kier molecular flexibility index (Phi) is 21.3. The number of unbranched alkanes of at least 4 members (excludes halogenated alkanes) is 3. The first-order chi connectivity index (χ1) is 35.5. The van der Waals surface area contributed by atoms with Gasteiger partial charge in [0.2, 0.25) is 0 Å². The van der Waals surface area contributed by atoms with Crippen LogP contribution in [-0.4, -0.2) is 87.0 Å². The van der Waals surface area contributed by atoms with Gasteiger partial charge in [-0.15, -0.1) is 0 Å². The van der Waals surface area contributed by atoms with Crippen LogP contribution in [0.2, 0.25) is 0 Å². The van der Waals surface area contributed by atoms with Crippen molar-refractivity contribution in [1.82, 2.24) is 0 Å². The van der Waals surface area contributed by atoms with Crippen molar-refractivity contribution in [2.45, 2.75) is 221 Å². The largest absolute Gasteiger partial charge is 0.465 e. The van der Waals surface area contributed by atoms with Gasteiger partial charge in [0.05, 0.1) is 49.1 Å². The van der Waals surface area contributed by atoms with Crippen molar-refractivity contribution in [2.24, 2.45) is 57.2 Å². The summed E-state index contributed by atoms with van der Waals surface area (Å²) in [4.78, 5) is 38.1. The quantitative estimate of drug-likeness (QED) is 0.0276. The van der Waals surface area contributed by atoms with E-state index in [1.54, 1.807) is 19.9 Å². The number of carbonyl (C=O) groups excluding carboxylic acids is 3. The monoisotopic (exact) mass is 1040 g/mol. The van der Waals surface area contributed by atoms with Crippen LogP contribution < -0.4 is 0 Å². The van der Waals surface area contributed by atoms with Crippen LogP contribution in [0.25, 0.3) is 0 Å². The number of allylic oxidation sites excluding steroid dienone is 9. The zero-order chi connectivity index (χ0) is 54.9. The summed E-state index contributed by atoms with van der Waals surface area (Å²) in [5.41, 5.74) is 4.77. The van der Waals surface area contributed by atoms with Gasteiger partial charge >= 0.3 is 11.9 Å². The van der Waals surface area contributed by atoms with E-state index in [0.29, 0.717) is 81.3 Å². The number of rotatable bonds is 19. The molecule has 7 fully saturated rings. The molecule has 5 N–H and O–H groups in total. The summed E-state index contributed by atoms with van der Waals surface area (Å²) >= 11 is 0. The molecule has 75 heavy (non-hydrogen) atoms.